The van der Waals surface area contributed by atoms with Crippen molar-refractivity contribution in [2.75, 3.05) is 7.11 Å². The number of carbonyl (C=O) groups excluding carboxylic acids is 3. The van der Waals surface area contributed by atoms with Gasteiger partial charge < -0.3 is 34.6 Å². The maximum atomic E-state index is 13.0. The molecule has 12 heteroatoms. The van der Waals surface area contributed by atoms with Crippen LogP contribution in [0.25, 0.3) is 0 Å². The number of aromatic carboxylic acids is 2. The Morgan fingerprint density at radius 3 is 1.32 bits per heavy atom. The van der Waals surface area contributed by atoms with Crippen LogP contribution in [0.3, 0.4) is 0 Å². The van der Waals surface area contributed by atoms with Crippen LogP contribution in [-0.2, 0) is 19.0 Å². The van der Waals surface area contributed by atoms with Gasteiger partial charge in [-0.25, -0.2) is 19.2 Å². The molecule has 47 heavy (non-hydrogen) atoms. The summed E-state index contributed by atoms with van der Waals surface area (Å²) in [5.41, 5.74) is 0.0806. The minimum atomic E-state index is -1.64. The third-order valence-electron chi connectivity index (χ3n) is 7.80. The summed E-state index contributed by atoms with van der Waals surface area (Å²) in [5.74, 6) is -4.24. The standard InChI is InChI=1S/C35H46O12/c1-3-4-5-9-12-27(46-34(43)25-19-15-23(16-20-25)32(39)40)30(37)31(38)28(13-10-7-6-8-11-14-29(36)45-2)47-35(44)26-21-17-24(18-22-26)33(41)42/h15-22,27-28,30-31,37-38H,3-14H2,1-2H3,(H,39,40)(H,41,42). The summed E-state index contributed by atoms with van der Waals surface area (Å²) in [5, 5.41) is 41.0. The molecular weight excluding hydrogens is 612 g/mol. The summed E-state index contributed by atoms with van der Waals surface area (Å²) in [6.45, 7) is 2.03. The van der Waals surface area contributed by atoms with E-state index in [1.807, 2.05) is 6.92 Å². The van der Waals surface area contributed by atoms with Gasteiger partial charge in [0, 0.05) is 6.42 Å². The molecule has 4 N–H and O–H groups in total. The second-order valence-electron chi connectivity index (χ2n) is 11.4. The fourth-order valence-corrected chi connectivity index (χ4v) is 4.97. The predicted octanol–water partition coefficient (Wildman–Crippen LogP) is 5.43. The van der Waals surface area contributed by atoms with Crippen LogP contribution in [0.5, 0.6) is 0 Å². The Balaban J connectivity index is 2.20. The normalized spacial score (nSPS) is 13.5. The molecule has 0 aliphatic carbocycles. The van der Waals surface area contributed by atoms with E-state index < -0.39 is 48.3 Å². The molecule has 0 fully saturated rings. The molecule has 2 rings (SSSR count). The molecule has 4 atom stereocenters. The van der Waals surface area contributed by atoms with Crippen molar-refractivity contribution in [1.82, 2.24) is 0 Å². The number of hydrogen-bond donors (Lipinski definition) is 4. The Morgan fingerprint density at radius 1 is 0.574 bits per heavy atom. The summed E-state index contributed by atoms with van der Waals surface area (Å²) in [6, 6.07) is 10.2. The Bertz CT molecular complexity index is 1290. The molecule has 0 aromatic heterocycles. The first-order chi connectivity index (χ1) is 22.5. The van der Waals surface area contributed by atoms with Crippen LogP contribution >= 0.6 is 0 Å². The first kappa shape index (κ1) is 38.9. The molecule has 2 aromatic carbocycles. The molecule has 0 heterocycles. The van der Waals surface area contributed by atoms with Gasteiger partial charge in [-0.05, 0) is 80.6 Å². The number of carboxylic acid groups (broad SMARTS) is 2. The van der Waals surface area contributed by atoms with E-state index in [0.717, 1.165) is 32.1 Å². The predicted molar refractivity (Wildman–Crippen MR) is 170 cm³/mol. The number of aliphatic hydroxyl groups excluding tert-OH is 2. The molecular formula is C35H46O12. The summed E-state index contributed by atoms with van der Waals surface area (Å²) >= 11 is 0. The fourth-order valence-electron chi connectivity index (χ4n) is 4.97. The smallest absolute Gasteiger partial charge is 0.338 e. The van der Waals surface area contributed by atoms with E-state index >= 15 is 0 Å². The van der Waals surface area contributed by atoms with E-state index in [-0.39, 0.29) is 41.1 Å². The van der Waals surface area contributed by atoms with Crippen LogP contribution < -0.4 is 0 Å². The number of unbranched alkanes of at least 4 members (excludes halogenated alkanes) is 7. The molecule has 0 bridgehead atoms. The monoisotopic (exact) mass is 658 g/mol. The van der Waals surface area contributed by atoms with Crippen molar-refractivity contribution in [1.29, 1.82) is 0 Å². The van der Waals surface area contributed by atoms with Crippen molar-refractivity contribution in [3.05, 3.63) is 70.8 Å². The van der Waals surface area contributed by atoms with Crippen LogP contribution in [-0.4, -0.2) is 81.8 Å². The molecule has 258 valence electrons. The average molecular weight is 659 g/mol. The number of methoxy groups -OCH3 is 1. The lowest BCUT2D eigenvalue weighted by Gasteiger charge is -2.31. The number of aliphatic hydroxyl groups is 2. The largest absolute Gasteiger partial charge is 0.478 e. The van der Waals surface area contributed by atoms with Crippen LogP contribution in [0.4, 0.5) is 0 Å². The molecule has 0 amide bonds. The Morgan fingerprint density at radius 2 is 0.936 bits per heavy atom. The van der Waals surface area contributed by atoms with Gasteiger partial charge >= 0.3 is 29.8 Å². The van der Waals surface area contributed by atoms with Crippen molar-refractivity contribution >= 4 is 29.8 Å². The molecule has 4 unspecified atom stereocenters. The Kier molecular flexibility index (Phi) is 17.2. The van der Waals surface area contributed by atoms with Gasteiger partial charge in [0.1, 0.15) is 24.4 Å². The highest BCUT2D eigenvalue weighted by Crippen LogP contribution is 2.23. The van der Waals surface area contributed by atoms with E-state index in [2.05, 4.69) is 4.74 Å². The number of benzene rings is 2. The Hall–Kier alpha value is -4.29. The van der Waals surface area contributed by atoms with E-state index in [0.29, 0.717) is 32.1 Å². The summed E-state index contributed by atoms with van der Waals surface area (Å²) in [6.07, 6.45) is 1.68. The summed E-state index contributed by atoms with van der Waals surface area (Å²) in [4.78, 5) is 59.8. The maximum absolute atomic E-state index is 13.0. The number of hydrogen-bond acceptors (Lipinski definition) is 10. The molecule has 0 aliphatic heterocycles. The van der Waals surface area contributed by atoms with Gasteiger partial charge in [-0.2, -0.15) is 0 Å². The molecule has 0 saturated carbocycles. The quantitative estimate of drug-likeness (QED) is 0.0713. The van der Waals surface area contributed by atoms with Crippen molar-refractivity contribution < 1.29 is 58.6 Å². The van der Waals surface area contributed by atoms with Gasteiger partial charge in [-0.15, -0.1) is 0 Å². The van der Waals surface area contributed by atoms with Gasteiger partial charge in [-0.3, -0.25) is 4.79 Å². The number of ether oxygens (including phenoxy) is 3. The minimum Gasteiger partial charge on any atom is -0.478 e. The third-order valence-corrected chi connectivity index (χ3v) is 7.80. The second kappa shape index (κ2) is 20.8. The lowest BCUT2D eigenvalue weighted by molar-refractivity contribution is -0.140. The fraction of sp³-hybridized carbons (Fsp3) is 0.514. The first-order valence-electron chi connectivity index (χ1n) is 16.0. The Labute approximate surface area is 274 Å². The molecule has 0 saturated heterocycles. The minimum absolute atomic E-state index is 0.0150. The molecule has 0 spiro atoms. The highest BCUT2D eigenvalue weighted by molar-refractivity contribution is 5.93. The average Bonchev–Trinajstić information content (AvgIpc) is 3.07. The van der Waals surface area contributed by atoms with Crippen LogP contribution in [0.1, 0.15) is 125 Å². The highest BCUT2D eigenvalue weighted by Gasteiger charge is 2.36. The summed E-state index contributed by atoms with van der Waals surface area (Å²) < 4.78 is 15.9. The topological polar surface area (TPSA) is 194 Å². The first-order valence-corrected chi connectivity index (χ1v) is 16.0. The van der Waals surface area contributed by atoms with Gasteiger partial charge in [0.25, 0.3) is 0 Å². The van der Waals surface area contributed by atoms with Crippen molar-refractivity contribution in [3.8, 4) is 0 Å². The van der Waals surface area contributed by atoms with Crippen LogP contribution in [0, 0.1) is 0 Å². The van der Waals surface area contributed by atoms with Gasteiger partial charge in [0.2, 0.25) is 0 Å². The molecule has 0 radical (unpaired) electrons. The number of esters is 3. The lowest BCUT2D eigenvalue weighted by atomic mass is 9.95. The zero-order chi connectivity index (χ0) is 34.8. The maximum Gasteiger partial charge on any atom is 0.338 e. The van der Waals surface area contributed by atoms with Gasteiger partial charge in [0.15, 0.2) is 0 Å². The summed E-state index contributed by atoms with van der Waals surface area (Å²) in [7, 11) is 1.33. The van der Waals surface area contributed by atoms with Gasteiger partial charge in [-0.1, -0.05) is 45.4 Å². The van der Waals surface area contributed by atoms with Crippen molar-refractivity contribution in [2.24, 2.45) is 0 Å². The molecule has 0 aliphatic rings. The molecule has 2 aromatic rings. The van der Waals surface area contributed by atoms with Crippen molar-refractivity contribution in [3.63, 3.8) is 0 Å². The van der Waals surface area contributed by atoms with Crippen LogP contribution in [0.15, 0.2) is 48.5 Å². The van der Waals surface area contributed by atoms with E-state index in [1.165, 1.54) is 55.6 Å². The third kappa shape index (κ3) is 13.5. The lowest BCUT2D eigenvalue weighted by Crippen LogP contribution is -2.47. The SMILES string of the molecule is CCCCCCC(OC(=O)c1ccc(C(=O)O)cc1)C(O)C(O)C(CCCCCCCC(=O)OC)OC(=O)c1ccc(C(=O)O)cc1. The molecule has 12 nitrogen and oxygen atoms in total. The van der Waals surface area contributed by atoms with E-state index in [9.17, 15) is 34.2 Å². The number of rotatable bonds is 22. The number of carbonyl (C=O) groups is 5. The second-order valence-corrected chi connectivity index (χ2v) is 11.4. The zero-order valence-corrected chi connectivity index (χ0v) is 27.0. The van der Waals surface area contributed by atoms with Crippen molar-refractivity contribution in [2.45, 2.75) is 108 Å². The van der Waals surface area contributed by atoms with E-state index in [4.69, 9.17) is 19.7 Å². The van der Waals surface area contributed by atoms with Gasteiger partial charge in [0.05, 0.1) is 29.4 Å². The zero-order valence-electron chi connectivity index (χ0n) is 27.0. The van der Waals surface area contributed by atoms with Crippen LogP contribution in [0.2, 0.25) is 0 Å². The van der Waals surface area contributed by atoms with E-state index in [1.54, 1.807) is 0 Å². The number of carboxylic acids is 2. The highest BCUT2D eigenvalue weighted by atomic mass is 16.6.